The minimum Gasteiger partial charge on any atom is -0.381 e. The van der Waals surface area contributed by atoms with Gasteiger partial charge in [0.25, 0.3) is 11.8 Å². The lowest BCUT2D eigenvalue weighted by molar-refractivity contribution is -0.583. The van der Waals surface area contributed by atoms with Crippen molar-refractivity contribution in [3.8, 4) is 28.5 Å². The second kappa shape index (κ2) is 20.6. The van der Waals surface area contributed by atoms with E-state index in [-0.39, 0.29) is 11.8 Å². The van der Waals surface area contributed by atoms with Crippen LogP contribution in [0.3, 0.4) is 0 Å². The third-order valence-corrected chi connectivity index (χ3v) is 16.0. The molecule has 10 heterocycles. The summed E-state index contributed by atoms with van der Waals surface area (Å²) in [6.07, 6.45) is 11.1. The van der Waals surface area contributed by atoms with Crippen LogP contribution in [0.4, 0.5) is 23.3 Å². The maximum absolute atomic E-state index is 13.8. The highest BCUT2D eigenvalue weighted by Gasteiger charge is 2.31. The molecule has 4 N–H and O–H groups in total. The number of pyridine rings is 2. The topological polar surface area (TPSA) is 197 Å². The van der Waals surface area contributed by atoms with Gasteiger partial charge in [-0.05, 0) is 105 Å². The second-order valence-corrected chi connectivity index (χ2v) is 20.9. The van der Waals surface area contributed by atoms with Gasteiger partial charge in [-0.25, -0.2) is 19.9 Å². The molecule has 4 aliphatic heterocycles. The number of likely N-dealkylation sites (tertiary alicyclic amines) is 1. The summed E-state index contributed by atoms with van der Waals surface area (Å²) < 4.78 is 19.4. The molecule has 0 bridgehead atoms. The number of H-pyrrole nitrogens is 2. The van der Waals surface area contributed by atoms with E-state index in [0.29, 0.717) is 78.6 Å². The Bertz CT molecular complexity index is 3300. The van der Waals surface area contributed by atoms with Crippen LogP contribution in [-0.4, -0.2) is 160 Å². The number of benzene rings is 2. The number of piperidine rings is 1. The normalized spacial score (nSPS) is 17.9. The monoisotopic (exact) mass is 997 g/mol. The molecule has 4 saturated heterocycles. The molecule has 372 valence electrons. The molecule has 0 saturated carbocycles. The number of nitrogens with zero attached hydrogens (tertiary/aromatic N) is 10. The molecular formula is C54H57N14O4S+. The molecule has 12 rings (SSSR count). The van der Waals surface area contributed by atoms with E-state index in [9.17, 15) is 13.8 Å². The Hall–Kier alpha value is -7.45. The number of piperazine rings is 1. The number of ether oxygens (including phenoxy) is 1. The predicted octanol–water partition coefficient (Wildman–Crippen LogP) is 6.33. The second-order valence-electron chi connectivity index (χ2n) is 19.2. The number of amides is 2. The van der Waals surface area contributed by atoms with Crippen molar-refractivity contribution in [3.63, 3.8) is 0 Å². The van der Waals surface area contributed by atoms with E-state index in [4.69, 9.17) is 19.7 Å². The Labute approximate surface area is 424 Å². The van der Waals surface area contributed by atoms with Gasteiger partial charge in [-0.2, -0.15) is 0 Å². The van der Waals surface area contributed by atoms with Gasteiger partial charge < -0.3 is 29.8 Å². The molecule has 0 atom stereocenters. The number of hydrogen-bond acceptors (Lipinski definition) is 13. The predicted molar refractivity (Wildman–Crippen MR) is 281 cm³/mol. The van der Waals surface area contributed by atoms with E-state index in [1.165, 1.54) is 0 Å². The third-order valence-electron chi connectivity index (χ3n) is 14.7. The standard InChI is InChI=1S/C54H56N14O4S/c69-51(66-18-11-40(12-19-66)65-25-29-73(71)30-26-65)49-34-37-32-39(5-8-44(37)60-49)59-54-63-48(45-3-1-2-16-55-45)13-20-68(54)42-6-9-46(57-35-42)47-10-17-56-53(62-47)58-38-4-7-43-36(31-38)33-50(61-43)52(70)67-23-21-64(22-24-67)41-14-27-72-28-15-41/h1-10,13,16-17,20,31-35,40-41H,11-12,14-15,18-19,21-30H2,(H3,55,56,57,58,59,60,61,62,63,69,70)/p+1. The maximum atomic E-state index is 13.8. The Morgan fingerprint density at radius 2 is 1.25 bits per heavy atom. The molecule has 4 aliphatic rings. The number of aromatic amines is 2. The fourth-order valence-electron chi connectivity index (χ4n) is 10.7. The van der Waals surface area contributed by atoms with Gasteiger partial charge in [0.1, 0.15) is 22.8 Å². The summed E-state index contributed by atoms with van der Waals surface area (Å²) >= 11 is 0. The van der Waals surface area contributed by atoms with Crippen molar-refractivity contribution >= 4 is 67.7 Å². The average Bonchev–Trinajstić information content (AvgIpc) is 4.08. The number of anilines is 4. The lowest BCUT2D eigenvalue weighted by Crippen LogP contribution is -2.53. The average molecular weight is 998 g/mol. The molecule has 0 radical (unpaired) electrons. The molecule has 8 aromatic rings. The molecule has 73 heavy (non-hydrogen) atoms. The van der Waals surface area contributed by atoms with Crippen molar-refractivity contribution in [3.05, 3.63) is 127 Å². The molecule has 18 nitrogen and oxygen atoms in total. The first-order valence-corrected chi connectivity index (χ1v) is 26.8. The highest BCUT2D eigenvalue weighted by Crippen LogP contribution is 2.28. The molecule has 0 spiro atoms. The number of nitrogens with one attached hydrogen (secondary N) is 4. The van der Waals surface area contributed by atoms with E-state index in [2.05, 4.69) is 40.4 Å². The number of carbonyl (C=O) groups excluding carboxylic acids is 2. The van der Waals surface area contributed by atoms with Crippen molar-refractivity contribution in [2.45, 2.75) is 37.8 Å². The fourth-order valence-corrected chi connectivity index (χ4v) is 11.7. The van der Waals surface area contributed by atoms with Crippen LogP contribution >= 0.6 is 0 Å². The van der Waals surface area contributed by atoms with Crippen molar-refractivity contribution < 1.29 is 23.1 Å². The van der Waals surface area contributed by atoms with Crippen molar-refractivity contribution in [2.24, 2.45) is 0 Å². The summed E-state index contributed by atoms with van der Waals surface area (Å²) in [7, 11) is -0.700. The highest BCUT2D eigenvalue weighted by molar-refractivity contribution is 7.85. The number of aromatic nitrogens is 8. The Morgan fingerprint density at radius 1 is 0.603 bits per heavy atom. The van der Waals surface area contributed by atoms with Crippen LogP contribution in [0.2, 0.25) is 0 Å². The minimum atomic E-state index is -0.700. The quantitative estimate of drug-likeness (QED) is 0.105. The zero-order valence-electron chi connectivity index (χ0n) is 40.5. The van der Waals surface area contributed by atoms with Crippen LogP contribution in [0.25, 0.3) is 50.3 Å². The van der Waals surface area contributed by atoms with E-state index in [1.54, 1.807) is 18.6 Å². The number of rotatable bonds is 11. The lowest BCUT2D eigenvalue weighted by atomic mass is 10.0. The van der Waals surface area contributed by atoms with Gasteiger partial charge in [0, 0.05) is 146 Å². The van der Waals surface area contributed by atoms with Gasteiger partial charge in [-0.1, -0.05) is 11.1 Å². The summed E-state index contributed by atoms with van der Waals surface area (Å²) in [6, 6.07) is 30.1. The highest BCUT2D eigenvalue weighted by atomic mass is 32.2. The molecule has 19 heteroatoms. The minimum absolute atomic E-state index is 0.00123. The van der Waals surface area contributed by atoms with Gasteiger partial charge >= 0.3 is 5.95 Å². The van der Waals surface area contributed by atoms with Gasteiger partial charge in [0.2, 0.25) is 5.95 Å². The summed E-state index contributed by atoms with van der Waals surface area (Å²) in [5.74, 6) is 2.46. The van der Waals surface area contributed by atoms with Gasteiger partial charge in [0.15, 0.2) is 5.69 Å². The summed E-state index contributed by atoms with van der Waals surface area (Å²) in [6.45, 7) is 7.97. The van der Waals surface area contributed by atoms with Crippen LogP contribution < -0.4 is 15.2 Å². The summed E-state index contributed by atoms with van der Waals surface area (Å²) in [5.41, 5.74) is 7.98. The Balaban J connectivity index is 0.727. The molecule has 2 aromatic carbocycles. The molecule has 0 aliphatic carbocycles. The molecular weight excluding hydrogens is 941 g/mol. The summed E-state index contributed by atoms with van der Waals surface area (Å²) in [5, 5.41) is 8.71. The van der Waals surface area contributed by atoms with Crippen LogP contribution in [0, 0.1) is 0 Å². The zero-order valence-corrected chi connectivity index (χ0v) is 41.3. The van der Waals surface area contributed by atoms with Crippen LogP contribution in [-0.2, 0) is 15.5 Å². The van der Waals surface area contributed by atoms with Gasteiger partial charge in [0.05, 0.1) is 29.5 Å². The number of hydrogen-bond donors (Lipinski definition) is 4. The first-order chi connectivity index (χ1) is 35.8. The van der Waals surface area contributed by atoms with E-state index >= 15 is 0 Å². The van der Waals surface area contributed by atoms with Crippen LogP contribution in [0.15, 0.2) is 116 Å². The van der Waals surface area contributed by atoms with E-state index < -0.39 is 10.8 Å². The maximum Gasteiger partial charge on any atom is 0.402 e. The molecule has 4 fully saturated rings. The zero-order chi connectivity index (χ0) is 49.3. The molecule has 6 aromatic heterocycles. The summed E-state index contributed by atoms with van der Waals surface area (Å²) in [4.78, 5) is 66.7. The first-order valence-electron chi connectivity index (χ1n) is 25.3. The largest absolute Gasteiger partial charge is 0.402 e. The SMILES string of the molecule is O=C(c1cc2cc(Nc3nc(-c4ccccn4)cc[n+]3-c3ccc(-c4ccnc(Nc5ccc6[nH]c(C(=O)N7CCN(C8CCOCC8)CC7)cc6c5)n4)nc3)ccc2[nH]1)N1CCC(N2CCS(=O)CC2)CC1. The van der Waals surface area contributed by atoms with Gasteiger partial charge in [-0.15, -0.1) is 0 Å². The Kier molecular flexibility index (Phi) is 13.1. The third kappa shape index (κ3) is 10.2. The van der Waals surface area contributed by atoms with E-state index in [0.717, 1.165) is 121 Å². The molecule has 0 unspecified atom stereocenters. The fraction of sp³-hybridized carbons (Fsp3) is 0.333. The smallest absolute Gasteiger partial charge is 0.381 e. The van der Waals surface area contributed by atoms with Gasteiger partial charge in [-0.3, -0.25) is 33.6 Å². The van der Waals surface area contributed by atoms with Crippen LogP contribution in [0.1, 0.15) is 46.7 Å². The van der Waals surface area contributed by atoms with Crippen molar-refractivity contribution in [1.29, 1.82) is 0 Å². The Morgan fingerprint density at radius 3 is 1.92 bits per heavy atom. The number of carbonyl (C=O) groups is 2. The lowest BCUT2D eigenvalue weighted by Gasteiger charge is -2.40. The van der Waals surface area contributed by atoms with Crippen molar-refractivity contribution in [2.75, 3.05) is 87.7 Å². The first kappa shape index (κ1) is 46.6. The van der Waals surface area contributed by atoms with E-state index in [1.807, 2.05) is 112 Å². The molecule has 2 amide bonds. The number of fused-ring (bicyclic) bond motifs is 2. The van der Waals surface area contributed by atoms with Crippen LogP contribution in [0.5, 0.6) is 0 Å². The van der Waals surface area contributed by atoms with Crippen molar-refractivity contribution in [1.82, 2.24) is 54.5 Å².